The summed E-state index contributed by atoms with van der Waals surface area (Å²) in [7, 11) is 0. The molecular formula is Al2Te3. The van der Waals surface area contributed by atoms with Crippen molar-refractivity contribution in [1.29, 1.82) is 0 Å². The Balaban J connectivity index is -0.0000000133. The van der Waals surface area contributed by atoms with E-state index in [1.54, 1.807) is 0 Å². The van der Waals surface area contributed by atoms with E-state index in [0.29, 0.717) is 0 Å². The average molecular weight is 437 g/mol. The van der Waals surface area contributed by atoms with Gasteiger partial charge in [0, 0.05) is 23.7 Å². The molecule has 0 N–H and O–H groups in total. The molecule has 0 unspecified atom stereocenters. The molecule has 0 aliphatic rings. The van der Waals surface area contributed by atoms with E-state index in [1.165, 1.54) is 0 Å². The Labute approximate surface area is 85.4 Å². The Morgan fingerprint density at radius 1 is 0.800 bits per heavy atom. The minimum Gasteiger partial charge on any atom is 0 e. The van der Waals surface area contributed by atoms with Crippen molar-refractivity contribution >= 4 is 87.5 Å². The van der Waals surface area contributed by atoms with Gasteiger partial charge in [0.1, 0.15) is 0 Å². The molecule has 0 bridgehead atoms. The molecule has 4 radical (unpaired) electrons. The Morgan fingerprint density at radius 3 is 0.800 bits per heavy atom. The molecular weight excluding hydrogens is 437 g/mol. The molecule has 0 atom stereocenters. The summed E-state index contributed by atoms with van der Waals surface area (Å²) in [5.41, 5.74) is 0. The van der Waals surface area contributed by atoms with Gasteiger partial charge in [0.25, 0.3) is 0 Å². The normalized spacial score (nSPS) is 1.20. The predicted octanol–water partition coefficient (Wildman–Crippen LogP) is -1.90. The van der Waals surface area contributed by atoms with Crippen LogP contribution < -0.4 is 0 Å². The smallest absolute Gasteiger partial charge is 0 e. The summed E-state index contributed by atoms with van der Waals surface area (Å²) in [5.74, 6) is 0. The van der Waals surface area contributed by atoms with Crippen LogP contribution in [-0.2, 0) is 0 Å². The van der Waals surface area contributed by atoms with Gasteiger partial charge in [-0.3, -0.25) is 0 Å². The van der Waals surface area contributed by atoms with Crippen LogP contribution in [0.25, 0.3) is 0 Å². The van der Waals surface area contributed by atoms with Gasteiger partial charge in [-0.15, -0.1) is 0 Å². The first kappa shape index (κ1) is 15.8. The van der Waals surface area contributed by atoms with Crippen LogP contribution in [0.3, 0.4) is 0 Å². The van der Waals surface area contributed by atoms with Gasteiger partial charge in [-0.2, -0.15) is 0 Å². The van der Waals surface area contributed by atoms with Crippen molar-refractivity contribution in [2.75, 3.05) is 0 Å². The maximum absolute atomic E-state index is 2.43. The molecule has 0 aliphatic heterocycles. The van der Waals surface area contributed by atoms with Crippen LogP contribution in [0.4, 0.5) is 0 Å². The van der Waals surface area contributed by atoms with Gasteiger partial charge in [0.2, 0.25) is 0 Å². The molecule has 0 aliphatic carbocycles. The molecule has 0 saturated heterocycles. The third kappa shape index (κ3) is 18.6. The standard InChI is InChI=1S/2Al.3Te. The van der Waals surface area contributed by atoms with Gasteiger partial charge in [-0.05, 0) is 0 Å². The molecule has 5 heavy (non-hydrogen) atoms. The van der Waals surface area contributed by atoms with Crippen LogP contribution in [0.1, 0.15) is 0 Å². The summed E-state index contributed by atoms with van der Waals surface area (Å²) < 4.78 is 0. The van der Waals surface area contributed by atoms with Gasteiger partial charge >= 0.3 is 63.8 Å². The molecule has 0 fully saturated rings. The molecule has 0 amide bonds. The first-order valence-corrected chi connectivity index (χ1v) is 9.49. The Morgan fingerprint density at radius 2 is 0.800 bits per heavy atom. The van der Waals surface area contributed by atoms with Crippen LogP contribution >= 0.6 is 0 Å². The molecule has 0 saturated carbocycles. The largest absolute Gasteiger partial charge is 0 e. The second kappa shape index (κ2) is 26.1. The van der Waals surface area contributed by atoms with Gasteiger partial charge in [-0.1, -0.05) is 0 Å². The van der Waals surface area contributed by atoms with Crippen molar-refractivity contribution in [3.63, 3.8) is 0 Å². The van der Waals surface area contributed by atoms with Crippen molar-refractivity contribution < 1.29 is 0 Å². The van der Waals surface area contributed by atoms with Gasteiger partial charge in [0.15, 0.2) is 0 Å². The van der Waals surface area contributed by atoms with E-state index in [1.807, 2.05) is 38.8 Å². The van der Waals surface area contributed by atoms with Crippen LogP contribution in [0.2, 0.25) is 0 Å². The summed E-state index contributed by atoms with van der Waals surface area (Å²) in [6.07, 6.45) is 0. The number of hydrogen-bond donors (Lipinski definition) is 0. The topological polar surface area (TPSA) is 0 Å². The van der Waals surface area contributed by atoms with Crippen LogP contribution in [0.15, 0.2) is 0 Å². The van der Waals surface area contributed by atoms with E-state index >= 15 is 0 Å². The zero-order chi connectivity index (χ0) is 4.00. The Bertz CT molecular complexity index is 6.85. The van der Waals surface area contributed by atoms with E-state index in [9.17, 15) is 0 Å². The minimum atomic E-state index is 0. The van der Waals surface area contributed by atoms with E-state index in [-0.39, 0.29) is 23.7 Å². The van der Waals surface area contributed by atoms with Crippen molar-refractivity contribution in [1.82, 2.24) is 0 Å². The quantitative estimate of drug-likeness (QED) is 0.389. The fourth-order valence-corrected chi connectivity index (χ4v) is 0. The molecule has 5 heteroatoms. The van der Waals surface area contributed by atoms with Crippen LogP contribution in [-0.4, -0.2) is 87.5 Å². The summed E-state index contributed by atoms with van der Waals surface area (Å²) in [6, 6.07) is 0. The zero-order valence-corrected chi connectivity index (χ0v) is 11.7. The van der Waals surface area contributed by atoms with Crippen molar-refractivity contribution in [2.45, 2.75) is 0 Å². The fourth-order valence-electron chi connectivity index (χ4n) is 0. The summed E-state index contributed by atoms with van der Waals surface area (Å²) in [4.78, 5) is 0. The Kier molecular flexibility index (Phi) is 82.4. The van der Waals surface area contributed by atoms with Crippen LogP contribution in [0, 0.1) is 0 Å². The van der Waals surface area contributed by atoms with Gasteiger partial charge in [0.05, 0.1) is 0 Å². The van der Waals surface area contributed by atoms with Crippen molar-refractivity contribution in [2.24, 2.45) is 0 Å². The van der Waals surface area contributed by atoms with Gasteiger partial charge < -0.3 is 0 Å². The summed E-state index contributed by atoms with van der Waals surface area (Å²) in [6.45, 7) is 0. The van der Waals surface area contributed by atoms with Gasteiger partial charge in [-0.25, -0.2) is 0 Å². The summed E-state index contributed by atoms with van der Waals surface area (Å²) in [5, 5.41) is 0. The SMILES string of the molecule is [Al]=[Te].[Al]=[Te].[Te]. The first-order valence-electron chi connectivity index (χ1n) is 0.471. The summed E-state index contributed by atoms with van der Waals surface area (Å²) >= 11 is 8.59. The third-order valence-electron chi connectivity index (χ3n) is 0. The third-order valence-corrected chi connectivity index (χ3v) is 0. The molecule has 0 aromatic carbocycles. The molecule has 0 aromatic rings. The van der Waals surface area contributed by atoms with Crippen molar-refractivity contribution in [3.05, 3.63) is 0 Å². The molecule has 0 aromatic heterocycles. The van der Waals surface area contributed by atoms with E-state index in [0.717, 1.165) is 0 Å². The molecule has 24 valence electrons. The number of rotatable bonds is 0. The van der Waals surface area contributed by atoms with E-state index < -0.39 is 0 Å². The maximum atomic E-state index is 2.43. The minimum absolute atomic E-state index is 0. The first-order chi connectivity index (χ1) is 2.00. The molecule has 0 heterocycles. The second-order valence-electron chi connectivity index (χ2n) is 0. The maximum Gasteiger partial charge on any atom is 0 e. The average Bonchev–Trinajstić information content (AvgIpc) is 1.50. The molecule has 0 nitrogen and oxygen atoms in total. The Hall–Kier alpha value is 3.43. The van der Waals surface area contributed by atoms with E-state index in [4.69, 9.17) is 0 Å². The van der Waals surface area contributed by atoms with Crippen LogP contribution in [0.5, 0.6) is 0 Å². The van der Waals surface area contributed by atoms with Crippen molar-refractivity contribution in [3.8, 4) is 0 Å². The zero-order valence-electron chi connectivity index (χ0n) is 2.38. The monoisotopic (exact) mass is 444 g/mol. The molecule has 0 spiro atoms. The van der Waals surface area contributed by atoms with E-state index in [2.05, 4.69) is 25.0 Å². The fraction of sp³-hybridized carbons (Fsp3) is 0. The molecule has 0 rings (SSSR count). The number of hydrogen-bond acceptors (Lipinski definition) is 0. The predicted molar refractivity (Wildman–Crippen MR) is 28.8 cm³/mol. The second-order valence-corrected chi connectivity index (χ2v) is 0.